The van der Waals surface area contributed by atoms with Crippen molar-refractivity contribution in [3.8, 4) is 22.5 Å². The van der Waals surface area contributed by atoms with Crippen LogP contribution in [0.15, 0.2) is 72.7 Å². The predicted octanol–water partition coefficient (Wildman–Crippen LogP) is 16.4. The summed E-state index contributed by atoms with van der Waals surface area (Å²) in [5, 5.41) is 13.6. The molecular weight excluding hydrogens is 949 g/mol. The van der Waals surface area contributed by atoms with Crippen molar-refractivity contribution in [3.63, 3.8) is 0 Å². The molecule has 6 aromatic rings. The van der Waals surface area contributed by atoms with Crippen LogP contribution in [0, 0.1) is 78.9 Å². The minimum atomic E-state index is -0.248. The molecule has 0 unspecified atom stereocenters. The van der Waals surface area contributed by atoms with Crippen LogP contribution in [0.5, 0.6) is 0 Å². The molecule has 4 aromatic carbocycles. The fraction of sp³-hybridized carbons (Fsp3) is 0.431. The Morgan fingerprint density at radius 3 is 1.37 bits per heavy atom. The number of ketones is 1. The third-order valence-corrected chi connectivity index (χ3v) is 12.7. The molecule has 0 aliphatic carbocycles. The van der Waals surface area contributed by atoms with Gasteiger partial charge in [-0.05, 0) is 144 Å². The molecule has 0 atom stereocenters. The van der Waals surface area contributed by atoms with E-state index >= 15 is 0 Å². The number of aliphatic hydroxyl groups is 1. The Morgan fingerprint density at radius 2 is 1.05 bits per heavy atom. The molecule has 0 aliphatic rings. The van der Waals surface area contributed by atoms with E-state index in [2.05, 4.69) is 128 Å². The minimum Gasteiger partial charge on any atom is -0.512 e. The first kappa shape index (κ1) is 46.5. The first-order valence-electron chi connectivity index (χ1n) is 24.6. The molecule has 1 N–H and O–H groups in total. The van der Waals surface area contributed by atoms with Gasteiger partial charge < -0.3 is 15.1 Å². The van der Waals surface area contributed by atoms with Gasteiger partial charge in [-0.2, -0.15) is 0 Å². The monoisotopic (exact) mass is 1030 g/mol. The Kier molecular flexibility index (Phi) is 17.0. The molecule has 2 heterocycles. The van der Waals surface area contributed by atoms with Crippen LogP contribution in [-0.2, 0) is 24.9 Å². The molecule has 0 saturated carbocycles. The number of carbonyl (C=O) groups is 1. The Labute approximate surface area is 400 Å². The van der Waals surface area contributed by atoms with Crippen LogP contribution < -0.4 is 0 Å². The summed E-state index contributed by atoms with van der Waals surface area (Å²) in [6.07, 6.45) is 4.88. The SMILES string of the molecule is CCC(CC)C(=O)/C=C(\O)C(C)(CC)CC.[2H]c1nc(-c2[c-]c(C)cc(C)c2)c2cc(C)c(C(C)C)c(C)c2c1[2H].[2H]c1nc(-c2[c-]c(C)cc(C)c2)c2cc(C)c(C(C)C)c(C)c2c1[2H].[Ir]. The van der Waals surface area contributed by atoms with Gasteiger partial charge in [0.25, 0.3) is 0 Å². The van der Waals surface area contributed by atoms with E-state index in [4.69, 9.17) is 5.48 Å². The average molecular weight is 1030 g/mol. The summed E-state index contributed by atoms with van der Waals surface area (Å²) >= 11 is 0. The molecule has 339 valence electrons. The summed E-state index contributed by atoms with van der Waals surface area (Å²) in [6.45, 7) is 35.3. The van der Waals surface area contributed by atoms with Crippen molar-refractivity contribution in [2.45, 2.75) is 155 Å². The first-order chi connectivity index (χ1) is 30.8. The maximum atomic E-state index is 11.9. The summed E-state index contributed by atoms with van der Waals surface area (Å²) in [5.41, 5.74) is 14.6. The van der Waals surface area contributed by atoms with Gasteiger partial charge in [-0.15, -0.1) is 69.8 Å². The second-order valence-electron chi connectivity index (χ2n) is 18.2. The van der Waals surface area contributed by atoms with Gasteiger partial charge in [-0.25, -0.2) is 0 Å². The van der Waals surface area contributed by atoms with Crippen LogP contribution in [0.4, 0.5) is 0 Å². The molecule has 63 heavy (non-hydrogen) atoms. The molecule has 2 aromatic heterocycles. The zero-order valence-corrected chi connectivity index (χ0v) is 43.6. The molecule has 0 saturated heterocycles. The first-order valence-corrected chi connectivity index (χ1v) is 22.6. The van der Waals surface area contributed by atoms with E-state index in [9.17, 15) is 9.90 Å². The van der Waals surface area contributed by atoms with E-state index in [-0.39, 0.29) is 67.4 Å². The average Bonchev–Trinajstić information content (AvgIpc) is 3.22. The number of allylic oxidation sites excluding steroid dienone is 2. The zero-order chi connectivity index (χ0) is 49.7. The molecule has 0 bridgehead atoms. The number of pyridine rings is 2. The largest absolute Gasteiger partial charge is 0.512 e. The summed E-state index contributed by atoms with van der Waals surface area (Å²) in [4.78, 5) is 20.8. The number of fused-ring (bicyclic) bond motifs is 2. The molecule has 4 nitrogen and oxygen atoms in total. The second kappa shape index (κ2) is 23.0. The topological polar surface area (TPSA) is 63.1 Å². The van der Waals surface area contributed by atoms with Gasteiger partial charge in [0.05, 0.1) is 5.48 Å². The fourth-order valence-electron chi connectivity index (χ4n) is 9.06. The number of aromatic nitrogens is 2. The molecule has 5 heteroatoms. The van der Waals surface area contributed by atoms with Crippen LogP contribution >= 0.6 is 0 Å². The molecule has 0 aliphatic heterocycles. The Morgan fingerprint density at radius 1 is 0.667 bits per heavy atom. The van der Waals surface area contributed by atoms with E-state index < -0.39 is 0 Å². The molecular formula is C58H74IrN2O2-2. The quantitative estimate of drug-likeness (QED) is 0.0798. The Bertz CT molecular complexity index is 2580. The van der Waals surface area contributed by atoms with Crippen molar-refractivity contribution in [3.05, 3.63) is 140 Å². The molecule has 6 rings (SSSR count). The molecule has 0 spiro atoms. The van der Waals surface area contributed by atoms with Crippen molar-refractivity contribution in [1.82, 2.24) is 9.97 Å². The zero-order valence-electron chi connectivity index (χ0n) is 45.2. The maximum Gasteiger partial charge on any atom is 0.162 e. The van der Waals surface area contributed by atoms with E-state index in [0.29, 0.717) is 11.8 Å². The smallest absolute Gasteiger partial charge is 0.162 e. The van der Waals surface area contributed by atoms with Gasteiger partial charge in [0.2, 0.25) is 0 Å². The van der Waals surface area contributed by atoms with Crippen molar-refractivity contribution in [2.24, 2.45) is 11.3 Å². The minimum absolute atomic E-state index is 0. The van der Waals surface area contributed by atoms with Crippen LogP contribution in [0.25, 0.3) is 44.1 Å². The van der Waals surface area contributed by atoms with E-state index in [1.54, 1.807) is 0 Å². The number of hydrogen-bond acceptors (Lipinski definition) is 4. The van der Waals surface area contributed by atoms with Crippen LogP contribution in [0.3, 0.4) is 0 Å². The molecule has 1 radical (unpaired) electrons. The van der Waals surface area contributed by atoms with Crippen molar-refractivity contribution in [2.75, 3.05) is 0 Å². The van der Waals surface area contributed by atoms with Gasteiger partial charge >= 0.3 is 0 Å². The summed E-state index contributed by atoms with van der Waals surface area (Å²) in [6, 6.07) is 19.7. The Hall–Kier alpha value is -4.44. The molecule has 0 amide bonds. The standard InChI is InChI=1S/2C22H24N.C14H26O2.Ir/c2*1-13(2)21-16(5)12-20-19(17(21)6)7-8-23-22(20)18-10-14(3)9-15(4)11-18;1-6-11(7-2)12(15)10-13(16)14(5,8-3)9-4;/h2*7-10,12-13H,1-6H3;10-11,16H,6-9H2,1-5H3;/q2*-1;;/b;;13-10-;/i2*7D,8D;;. The number of carbonyl (C=O) groups excluding carboxylic acids is 1. The third-order valence-electron chi connectivity index (χ3n) is 12.7. The van der Waals surface area contributed by atoms with Crippen LogP contribution in [0.1, 0.15) is 161 Å². The van der Waals surface area contributed by atoms with Gasteiger partial charge in [-0.3, -0.25) is 4.79 Å². The fourth-order valence-corrected chi connectivity index (χ4v) is 9.06. The maximum absolute atomic E-state index is 11.9. The summed E-state index contributed by atoms with van der Waals surface area (Å²) < 4.78 is 33.3. The number of aliphatic hydroxyl groups excluding tert-OH is 1. The summed E-state index contributed by atoms with van der Waals surface area (Å²) in [5.74, 6) is 1.12. The van der Waals surface area contributed by atoms with Crippen LogP contribution in [-0.4, -0.2) is 20.9 Å². The van der Waals surface area contributed by atoms with E-state index in [0.717, 1.165) is 103 Å². The van der Waals surface area contributed by atoms with Crippen molar-refractivity contribution in [1.29, 1.82) is 0 Å². The number of benzene rings is 4. The van der Waals surface area contributed by atoms with Gasteiger partial charge in [0.1, 0.15) is 5.76 Å². The van der Waals surface area contributed by atoms with Gasteiger partial charge in [0, 0.05) is 49.9 Å². The number of rotatable bonds is 11. The van der Waals surface area contributed by atoms with E-state index in [1.807, 2.05) is 48.5 Å². The third kappa shape index (κ3) is 12.4. The second-order valence-corrected chi connectivity index (χ2v) is 18.2. The van der Waals surface area contributed by atoms with Crippen molar-refractivity contribution < 1.29 is 35.5 Å². The number of nitrogens with zero attached hydrogens (tertiary/aromatic N) is 2. The predicted molar refractivity (Wildman–Crippen MR) is 267 cm³/mol. The van der Waals surface area contributed by atoms with Gasteiger partial charge in [0.15, 0.2) is 5.78 Å². The Balaban J connectivity index is 0.000000273. The van der Waals surface area contributed by atoms with Gasteiger partial charge in [-0.1, -0.05) is 102 Å². The molecule has 0 fully saturated rings. The van der Waals surface area contributed by atoms with Crippen LogP contribution in [0.2, 0.25) is 0 Å². The normalized spacial score (nSPS) is 12.6. The van der Waals surface area contributed by atoms with Crippen molar-refractivity contribution >= 4 is 27.3 Å². The number of hydrogen-bond donors (Lipinski definition) is 1. The summed E-state index contributed by atoms with van der Waals surface area (Å²) in [7, 11) is 0. The van der Waals surface area contributed by atoms with E-state index in [1.165, 1.54) is 28.3 Å². The number of aryl methyl sites for hydroxylation is 8.